The first-order valence-corrected chi connectivity index (χ1v) is 4.79. The van der Waals surface area contributed by atoms with Crippen LogP contribution in [0.2, 0.25) is 0 Å². The highest BCUT2D eigenvalue weighted by atomic mass is 16.2. The predicted octanol–water partition coefficient (Wildman–Crippen LogP) is -0.127. The summed E-state index contributed by atoms with van der Waals surface area (Å²) in [5, 5.41) is 0. The predicted molar refractivity (Wildman–Crippen MR) is 46.7 cm³/mol. The Morgan fingerprint density at radius 2 is 1.85 bits per heavy atom. The minimum atomic E-state index is -0.0349. The van der Waals surface area contributed by atoms with E-state index in [-0.39, 0.29) is 17.9 Å². The molecule has 0 bridgehead atoms. The third kappa shape index (κ3) is 1.46. The van der Waals surface area contributed by atoms with Gasteiger partial charge in [0.05, 0.1) is 6.04 Å². The normalized spacial score (nSPS) is 25.5. The quantitative estimate of drug-likeness (QED) is 0.618. The lowest BCUT2D eigenvalue weighted by atomic mass is 10.1. The Labute approximate surface area is 77.1 Å². The number of carbonyl (C=O) groups is 2. The molecule has 72 valence electrons. The third-order valence-corrected chi connectivity index (χ3v) is 2.83. The molecule has 0 radical (unpaired) electrons. The van der Waals surface area contributed by atoms with Gasteiger partial charge in [-0.3, -0.25) is 14.5 Å². The summed E-state index contributed by atoms with van der Waals surface area (Å²) in [4.78, 5) is 24.1. The van der Waals surface area contributed by atoms with Gasteiger partial charge in [-0.2, -0.15) is 0 Å². The molecular weight excluding hydrogens is 168 g/mol. The van der Waals surface area contributed by atoms with Crippen molar-refractivity contribution in [2.24, 2.45) is 11.7 Å². The Bertz CT molecular complexity index is 232. The summed E-state index contributed by atoms with van der Waals surface area (Å²) in [6, 6.07) is -0.0116. The molecule has 1 heterocycles. The molecule has 1 atom stereocenters. The lowest BCUT2D eigenvalue weighted by Gasteiger charge is -2.24. The summed E-state index contributed by atoms with van der Waals surface area (Å²) in [7, 11) is 0. The van der Waals surface area contributed by atoms with Gasteiger partial charge in [-0.25, -0.2) is 0 Å². The molecule has 2 N–H and O–H groups in total. The van der Waals surface area contributed by atoms with Crippen molar-refractivity contribution < 1.29 is 9.59 Å². The van der Waals surface area contributed by atoms with Crippen LogP contribution in [0.5, 0.6) is 0 Å². The Morgan fingerprint density at radius 3 is 2.23 bits per heavy atom. The third-order valence-electron chi connectivity index (χ3n) is 2.83. The van der Waals surface area contributed by atoms with Gasteiger partial charge in [-0.15, -0.1) is 0 Å². The van der Waals surface area contributed by atoms with Crippen molar-refractivity contribution in [3.8, 4) is 0 Å². The number of imide groups is 1. The number of rotatable bonds is 3. The Kier molecular flexibility index (Phi) is 2.07. The van der Waals surface area contributed by atoms with Crippen LogP contribution in [0.25, 0.3) is 0 Å². The molecule has 13 heavy (non-hydrogen) atoms. The summed E-state index contributed by atoms with van der Waals surface area (Å²) < 4.78 is 0. The molecule has 1 saturated carbocycles. The van der Waals surface area contributed by atoms with Crippen molar-refractivity contribution in [1.29, 1.82) is 0 Å². The Morgan fingerprint density at radius 1 is 1.31 bits per heavy atom. The second-order valence-corrected chi connectivity index (χ2v) is 3.80. The zero-order valence-electron chi connectivity index (χ0n) is 7.53. The first-order chi connectivity index (χ1) is 6.24. The van der Waals surface area contributed by atoms with Crippen molar-refractivity contribution >= 4 is 11.8 Å². The number of likely N-dealkylation sites (tertiary alicyclic amines) is 1. The average molecular weight is 182 g/mol. The van der Waals surface area contributed by atoms with Crippen LogP contribution >= 0.6 is 0 Å². The van der Waals surface area contributed by atoms with E-state index >= 15 is 0 Å². The van der Waals surface area contributed by atoms with E-state index in [2.05, 4.69) is 0 Å². The first-order valence-electron chi connectivity index (χ1n) is 4.79. The van der Waals surface area contributed by atoms with E-state index in [0.29, 0.717) is 25.3 Å². The van der Waals surface area contributed by atoms with Crippen LogP contribution < -0.4 is 5.73 Å². The number of amides is 2. The molecule has 4 heteroatoms. The van der Waals surface area contributed by atoms with E-state index in [1.165, 1.54) is 4.90 Å². The maximum Gasteiger partial charge on any atom is 0.229 e. The molecule has 0 aromatic rings. The number of nitrogens with two attached hydrogens (primary N) is 1. The van der Waals surface area contributed by atoms with Gasteiger partial charge < -0.3 is 5.73 Å². The Hall–Kier alpha value is -0.900. The van der Waals surface area contributed by atoms with Crippen LogP contribution in [-0.4, -0.2) is 29.3 Å². The molecule has 1 aliphatic carbocycles. The van der Waals surface area contributed by atoms with Gasteiger partial charge in [0.2, 0.25) is 11.8 Å². The van der Waals surface area contributed by atoms with Gasteiger partial charge in [0.1, 0.15) is 0 Å². The fraction of sp³-hybridized carbons (Fsp3) is 0.778. The topological polar surface area (TPSA) is 63.4 Å². The van der Waals surface area contributed by atoms with Crippen LogP contribution in [0, 0.1) is 5.92 Å². The summed E-state index contributed by atoms with van der Waals surface area (Å²) >= 11 is 0. The number of carbonyl (C=O) groups excluding carboxylic acids is 2. The van der Waals surface area contributed by atoms with E-state index in [4.69, 9.17) is 5.73 Å². The van der Waals surface area contributed by atoms with E-state index in [1.807, 2.05) is 0 Å². The van der Waals surface area contributed by atoms with Crippen molar-refractivity contribution in [3.05, 3.63) is 0 Å². The molecular formula is C9H14N2O2. The number of hydrogen-bond acceptors (Lipinski definition) is 3. The van der Waals surface area contributed by atoms with Gasteiger partial charge >= 0.3 is 0 Å². The molecule has 1 unspecified atom stereocenters. The van der Waals surface area contributed by atoms with E-state index in [0.717, 1.165) is 12.8 Å². The summed E-state index contributed by atoms with van der Waals surface area (Å²) in [6.07, 6.45) is 2.97. The van der Waals surface area contributed by atoms with E-state index in [9.17, 15) is 9.59 Å². The standard InChI is InChI=1S/C9H14N2O2/c10-5-7(6-1-2-6)11-8(12)3-4-9(11)13/h6-7H,1-5,10H2. The molecule has 2 fully saturated rings. The lowest BCUT2D eigenvalue weighted by molar-refractivity contribution is -0.141. The summed E-state index contributed by atoms with van der Waals surface area (Å²) in [5.74, 6) is 0.413. The molecule has 2 aliphatic rings. The molecule has 4 nitrogen and oxygen atoms in total. The molecule has 1 aliphatic heterocycles. The second kappa shape index (κ2) is 3.10. The molecule has 0 aromatic heterocycles. The highest BCUT2D eigenvalue weighted by Gasteiger charge is 2.41. The molecule has 2 rings (SSSR count). The minimum Gasteiger partial charge on any atom is -0.328 e. The van der Waals surface area contributed by atoms with Crippen molar-refractivity contribution in [3.63, 3.8) is 0 Å². The van der Waals surface area contributed by atoms with Crippen LogP contribution in [0.15, 0.2) is 0 Å². The fourth-order valence-electron chi connectivity index (χ4n) is 1.95. The molecule has 2 amide bonds. The zero-order valence-corrected chi connectivity index (χ0v) is 7.53. The van der Waals surface area contributed by atoms with Gasteiger partial charge in [0, 0.05) is 19.4 Å². The van der Waals surface area contributed by atoms with Crippen LogP contribution in [0.3, 0.4) is 0 Å². The first kappa shape index (κ1) is 8.69. The second-order valence-electron chi connectivity index (χ2n) is 3.80. The minimum absolute atomic E-state index is 0.0116. The van der Waals surface area contributed by atoms with Crippen LogP contribution in [0.4, 0.5) is 0 Å². The van der Waals surface area contributed by atoms with Crippen LogP contribution in [0.1, 0.15) is 25.7 Å². The molecule has 0 spiro atoms. The summed E-state index contributed by atoms with van der Waals surface area (Å²) in [5.41, 5.74) is 5.57. The number of nitrogens with zero attached hydrogens (tertiary/aromatic N) is 1. The highest BCUT2D eigenvalue weighted by Crippen LogP contribution is 2.36. The molecule has 1 saturated heterocycles. The van der Waals surface area contributed by atoms with Crippen molar-refractivity contribution in [2.45, 2.75) is 31.7 Å². The van der Waals surface area contributed by atoms with Gasteiger partial charge in [0.25, 0.3) is 0 Å². The van der Waals surface area contributed by atoms with E-state index in [1.54, 1.807) is 0 Å². The average Bonchev–Trinajstić information content (AvgIpc) is 2.88. The van der Waals surface area contributed by atoms with Gasteiger partial charge in [-0.1, -0.05) is 0 Å². The largest absolute Gasteiger partial charge is 0.328 e. The molecule has 0 aromatic carbocycles. The monoisotopic (exact) mass is 182 g/mol. The maximum absolute atomic E-state index is 11.4. The van der Waals surface area contributed by atoms with Crippen LogP contribution in [-0.2, 0) is 9.59 Å². The maximum atomic E-state index is 11.4. The zero-order chi connectivity index (χ0) is 9.42. The van der Waals surface area contributed by atoms with E-state index < -0.39 is 0 Å². The van der Waals surface area contributed by atoms with Gasteiger partial charge in [0.15, 0.2) is 0 Å². The van der Waals surface area contributed by atoms with Crippen molar-refractivity contribution in [1.82, 2.24) is 4.90 Å². The SMILES string of the molecule is NCC(C1CC1)N1C(=O)CCC1=O. The summed E-state index contributed by atoms with van der Waals surface area (Å²) in [6.45, 7) is 0.419. The number of hydrogen-bond donors (Lipinski definition) is 1. The van der Waals surface area contributed by atoms with Crippen molar-refractivity contribution in [2.75, 3.05) is 6.54 Å². The fourth-order valence-corrected chi connectivity index (χ4v) is 1.95. The van der Waals surface area contributed by atoms with Gasteiger partial charge in [-0.05, 0) is 18.8 Å². The highest BCUT2D eigenvalue weighted by molar-refractivity contribution is 6.02. The Balaban J connectivity index is 2.11. The lowest BCUT2D eigenvalue weighted by Crippen LogP contribution is -2.45. The smallest absolute Gasteiger partial charge is 0.229 e.